The molecule has 134 valence electrons. The SMILES string of the molecule is Cc1cc(-c2nc3ccccc3s2)ccc1NC(=S)NC(=O)C(C)(C)C. The molecule has 1 heterocycles. The van der Waals surface area contributed by atoms with Crippen LogP contribution in [0.25, 0.3) is 20.8 Å². The zero-order valence-corrected chi connectivity index (χ0v) is 16.8. The normalized spacial score (nSPS) is 11.4. The summed E-state index contributed by atoms with van der Waals surface area (Å²) in [5, 5.41) is 7.13. The largest absolute Gasteiger partial charge is 0.332 e. The van der Waals surface area contributed by atoms with E-state index in [1.165, 1.54) is 4.70 Å². The van der Waals surface area contributed by atoms with Crippen molar-refractivity contribution in [3.8, 4) is 10.6 Å². The van der Waals surface area contributed by atoms with Crippen LogP contribution in [0.15, 0.2) is 42.5 Å². The lowest BCUT2D eigenvalue weighted by Crippen LogP contribution is -2.41. The summed E-state index contributed by atoms with van der Waals surface area (Å²) in [6, 6.07) is 14.2. The lowest BCUT2D eigenvalue weighted by molar-refractivity contribution is -0.126. The van der Waals surface area contributed by atoms with E-state index in [2.05, 4.69) is 22.8 Å². The van der Waals surface area contributed by atoms with Gasteiger partial charge in [0.25, 0.3) is 0 Å². The fourth-order valence-corrected chi connectivity index (χ4v) is 3.54. The molecule has 0 aliphatic rings. The maximum atomic E-state index is 12.0. The van der Waals surface area contributed by atoms with Gasteiger partial charge in [0, 0.05) is 16.7 Å². The van der Waals surface area contributed by atoms with Crippen LogP contribution in [-0.2, 0) is 4.79 Å². The number of thiazole rings is 1. The minimum atomic E-state index is -0.489. The fourth-order valence-electron chi connectivity index (χ4n) is 2.38. The molecule has 0 radical (unpaired) electrons. The van der Waals surface area contributed by atoms with Gasteiger partial charge in [-0.15, -0.1) is 11.3 Å². The zero-order valence-electron chi connectivity index (χ0n) is 15.2. The molecule has 0 aliphatic heterocycles. The fraction of sp³-hybridized carbons (Fsp3) is 0.250. The smallest absolute Gasteiger partial charge is 0.231 e. The molecule has 6 heteroatoms. The quantitative estimate of drug-likeness (QED) is 0.602. The average Bonchev–Trinajstić information content (AvgIpc) is 2.99. The third kappa shape index (κ3) is 4.08. The highest BCUT2D eigenvalue weighted by atomic mass is 32.1. The van der Waals surface area contributed by atoms with Gasteiger partial charge in [0.1, 0.15) is 5.01 Å². The topological polar surface area (TPSA) is 54.0 Å². The second kappa shape index (κ2) is 7.13. The van der Waals surface area contributed by atoms with Gasteiger partial charge in [-0.05, 0) is 55.0 Å². The Bertz CT molecular complexity index is 953. The number of nitrogens with zero attached hydrogens (tertiary/aromatic N) is 1. The van der Waals surface area contributed by atoms with E-state index in [1.54, 1.807) is 11.3 Å². The molecule has 0 spiro atoms. The number of amides is 1. The maximum Gasteiger partial charge on any atom is 0.231 e. The average molecular weight is 384 g/mol. The van der Waals surface area contributed by atoms with Gasteiger partial charge in [-0.1, -0.05) is 32.9 Å². The number of anilines is 1. The van der Waals surface area contributed by atoms with Gasteiger partial charge < -0.3 is 10.6 Å². The van der Waals surface area contributed by atoms with Crippen LogP contribution in [-0.4, -0.2) is 16.0 Å². The van der Waals surface area contributed by atoms with Gasteiger partial charge in [-0.3, -0.25) is 4.79 Å². The van der Waals surface area contributed by atoms with E-state index in [9.17, 15) is 4.79 Å². The van der Waals surface area contributed by atoms with E-state index in [4.69, 9.17) is 17.2 Å². The second-order valence-corrected chi connectivity index (χ2v) is 8.61. The molecule has 0 bridgehead atoms. The molecule has 3 aromatic rings. The molecule has 2 N–H and O–H groups in total. The summed E-state index contributed by atoms with van der Waals surface area (Å²) in [6.45, 7) is 7.56. The highest BCUT2D eigenvalue weighted by Gasteiger charge is 2.22. The summed E-state index contributed by atoms with van der Waals surface area (Å²) in [6.07, 6.45) is 0. The van der Waals surface area contributed by atoms with Crippen molar-refractivity contribution >= 4 is 50.5 Å². The highest BCUT2D eigenvalue weighted by molar-refractivity contribution is 7.80. The number of thiocarbonyl (C=S) groups is 1. The first-order valence-corrected chi connectivity index (χ1v) is 9.55. The van der Waals surface area contributed by atoms with Crippen LogP contribution in [0.2, 0.25) is 0 Å². The summed E-state index contributed by atoms with van der Waals surface area (Å²) in [4.78, 5) is 16.7. The molecule has 26 heavy (non-hydrogen) atoms. The van der Waals surface area contributed by atoms with Crippen LogP contribution < -0.4 is 10.6 Å². The molecular weight excluding hydrogens is 362 g/mol. The summed E-state index contributed by atoms with van der Waals surface area (Å²) < 4.78 is 1.17. The molecule has 0 aliphatic carbocycles. The van der Waals surface area contributed by atoms with Gasteiger partial charge >= 0.3 is 0 Å². The molecule has 0 fully saturated rings. The molecule has 0 atom stereocenters. The Labute approximate surface area is 162 Å². The molecule has 4 nitrogen and oxygen atoms in total. The number of rotatable bonds is 2. The van der Waals surface area contributed by atoms with E-state index >= 15 is 0 Å². The molecule has 2 aromatic carbocycles. The number of fused-ring (bicyclic) bond motifs is 1. The van der Waals surface area contributed by atoms with Crippen molar-refractivity contribution < 1.29 is 4.79 Å². The standard InChI is InChI=1S/C20H21N3OS2/c1-12-11-13(17-21-15-7-5-6-8-16(15)26-17)9-10-14(12)22-19(25)23-18(24)20(2,3)4/h5-11H,1-4H3,(H2,22,23,24,25). The van der Waals surface area contributed by atoms with E-state index in [0.29, 0.717) is 5.11 Å². The molecule has 0 unspecified atom stereocenters. The number of hydrogen-bond acceptors (Lipinski definition) is 4. The summed E-state index contributed by atoms with van der Waals surface area (Å²) in [7, 11) is 0. The Morgan fingerprint density at radius 2 is 1.88 bits per heavy atom. The lowest BCUT2D eigenvalue weighted by atomic mass is 9.96. The van der Waals surface area contributed by atoms with Crippen LogP contribution in [0, 0.1) is 12.3 Å². The van der Waals surface area contributed by atoms with Gasteiger partial charge in [0.05, 0.1) is 10.2 Å². The monoisotopic (exact) mass is 383 g/mol. The molecule has 0 saturated heterocycles. The predicted molar refractivity (Wildman–Crippen MR) is 114 cm³/mol. The Hall–Kier alpha value is -2.31. The molecule has 1 aromatic heterocycles. The van der Waals surface area contributed by atoms with Crippen molar-refractivity contribution in [1.82, 2.24) is 10.3 Å². The Kier molecular flexibility index (Phi) is 5.07. The number of hydrogen-bond donors (Lipinski definition) is 2. The van der Waals surface area contributed by atoms with Crippen molar-refractivity contribution in [3.63, 3.8) is 0 Å². The number of carbonyl (C=O) groups is 1. The van der Waals surface area contributed by atoms with Crippen LogP contribution in [0.1, 0.15) is 26.3 Å². The van der Waals surface area contributed by atoms with E-state index < -0.39 is 5.41 Å². The second-order valence-electron chi connectivity index (χ2n) is 7.17. The lowest BCUT2D eigenvalue weighted by Gasteiger charge is -2.19. The van der Waals surface area contributed by atoms with Crippen LogP contribution in [0.4, 0.5) is 5.69 Å². The first-order valence-electron chi connectivity index (χ1n) is 8.33. The Balaban J connectivity index is 1.77. The summed E-state index contributed by atoms with van der Waals surface area (Å²) >= 11 is 6.93. The first kappa shape index (κ1) is 18.5. The number of para-hydroxylation sites is 1. The third-order valence-electron chi connectivity index (χ3n) is 3.92. The third-order valence-corrected chi connectivity index (χ3v) is 5.21. The minimum Gasteiger partial charge on any atom is -0.332 e. The van der Waals surface area contributed by atoms with Gasteiger partial charge in [0.15, 0.2) is 5.11 Å². The molecule has 3 rings (SSSR count). The van der Waals surface area contributed by atoms with Gasteiger partial charge in [-0.25, -0.2) is 4.98 Å². The number of benzene rings is 2. The number of aryl methyl sites for hydroxylation is 1. The minimum absolute atomic E-state index is 0.112. The van der Waals surface area contributed by atoms with Gasteiger partial charge in [-0.2, -0.15) is 0 Å². The number of carbonyl (C=O) groups excluding carboxylic acids is 1. The summed E-state index contributed by atoms with van der Waals surface area (Å²) in [5.74, 6) is -0.112. The number of nitrogens with one attached hydrogen (secondary N) is 2. The van der Waals surface area contributed by atoms with E-state index in [1.807, 2.05) is 58.0 Å². The van der Waals surface area contributed by atoms with Crippen molar-refractivity contribution in [2.45, 2.75) is 27.7 Å². The Morgan fingerprint density at radius 1 is 1.15 bits per heavy atom. The summed E-state index contributed by atoms with van der Waals surface area (Å²) in [5.41, 5.74) is 3.50. The first-order chi connectivity index (χ1) is 12.2. The van der Waals surface area contributed by atoms with Crippen LogP contribution >= 0.6 is 23.6 Å². The van der Waals surface area contributed by atoms with E-state index in [-0.39, 0.29) is 5.91 Å². The van der Waals surface area contributed by atoms with Gasteiger partial charge in [0.2, 0.25) is 5.91 Å². The maximum absolute atomic E-state index is 12.0. The molecule has 1 amide bonds. The molecule has 0 saturated carbocycles. The molecular formula is C20H21N3OS2. The van der Waals surface area contributed by atoms with Crippen molar-refractivity contribution in [3.05, 3.63) is 48.0 Å². The number of aromatic nitrogens is 1. The van der Waals surface area contributed by atoms with Crippen molar-refractivity contribution in [1.29, 1.82) is 0 Å². The van der Waals surface area contributed by atoms with Crippen LogP contribution in [0.3, 0.4) is 0 Å². The van der Waals surface area contributed by atoms with E-state index in [0.717, 1.165) is 27.3 Å². The zero-order chi connectivity index (χ0) is 18.9. The predicted octanol–water partition coefficient (Wildman–Crippen LogP) is 5.13. The van der Waals surface area contributed by atoms with Crippen molar-refractivity contribution in [2.75, 3.05) is 5.32 Å². The highest BCUT2D eigenvalue weighted by Crippen LogP contribution is 2.31. The van der Waals surface area contributed by atoms with Crippen LogP contribution in [0.5, 0.6) is 0 Å². The Morgan fingerprint density at radius 3 is 2.54 bits per heavy atom. The van der Waals surface area contributed by atoms with Crippen molar-refractivity contribution in [2.24, 2.45) is 5.41 Å².